The molecule has 0 unspecified atom stereocenters. The van der Waals surface area contributed by atoms with Crippen LogP contribution in [-0.4, -0.2) is 35.1 Å². The van der Waals surface area contributed by atoms with Crippen molar-refractivity contribution in [3.8, 4) is 0 Å². The van der Waals surface area contributed by atoms with E-state index in [-0.39, 0.29) is 18.1 Å². The first-order valence-electron chi connectivity index (χ1n) is 6.46. The molecule has 1 aromatic rings. The van der Waals surface area contributed by atoms with Gasteiger partial charge in [0, 0.05) is 19.2 Å². The zero-order valence-electron chi connectivity index (χ0n) is 12.5. The molecule has 0 atom stereocenters. The highest BCUT2D eigenvalue weighted by Crippen LogP contribution is 2.10. The van der Waals surface area contributed by atoms with E-state index in [9.17, 15) is 4.79 Å². The van der Waals surface area contributed by atoms with Crippen molar-refractivity contribution in [2.24, 2.45) is 5.73 Å². The number of hydrogen-bond acceptors (Lipinski definition) is 3. The van der Waals surface area contributed by atoms with Gasteiger partial charge in [0.1, 0.15) is 11.6 Å². The van der Waals surface area contributed by atoms with E-state index in [0.717, 1.165) is 11.1 Å². The molecular formula is C15H22N2O2S. The fourth-order valence-corrected chi connectivity index (χ4v) is 1.70. The zero-order valence-corrected chi connectivity index (χ0v) is 13.3. The second-order valence-corrected chi connectivity index (χ2v) is 6.16. The van der Waals surface area contributed by atoms with E-state index in [4.69, 9.17) is 22.7 Å². The van der Waals surface area contributed by atoms with Crippen molar-refractivity contribution in [3.63, 3.8) is 0 Å². The van der Waals surface area contributed by atoms with Gasteiger partial charge in [-0.1, -0.05) is 30.4 Å². The molecule has 1 rings (SSSR count). The Balaban J connectivity index is 2.61. The van der Waals surface area contributed by atoms with Crippen molar-refractivity contribution in [3.05, 3.63) is 35.4 Å². The van der Waals surface area contributed by atoms with Gasteiger partial charge in [-0.2, -0.15) is 0 Å². The van der Waals surface area contributed by atoms with Gasteiger partial charge in [-0.3, -0.25) is 4.79 Å². The van der Waals surface area contributed by atoms with E-state index in [1.165, 1.54) is 0 Å². The minimum Gasteiger partial charge on any atom is -0.389 e. The Bertz CT molecular complexity index is 495. The summed E-state index contributed by atoms with van der Waals surface area (Å²) < 4.78 is 5.48. The number of benzene rings is 1. The molecule has 0 fully saturated rings. The van der Waals surface area contributed by atoms with Crippen LogP contribution in [0, 0.1) is 0 Å². The summed E-state index contributed by atoms with van der Waals surface area (Å²) in [6, 6.07) is 7.58. The number of ether oxygens (including phenoxy) is 1. The Morgan fingerprint density at radius 2 is 2.05 bits per heavy atom. The fourth-order valence-electron chi connectivity index (χ4n) is 1.57. The van der Waals surface area contributed by atoms with E-state index in [0.29, 0.717) is 11.5 Å². The van der Waals surface area contributed by atoms with Gasteiger partial charge in [-0.25, -0.2) is 0 Å². The zero-order chi connectivity index (χ0) is 15.3. The standard InChI is InChI=1S/C15H22N2O2S/c1-15(2,3)19-10-13(18)17(4)9-11-6-5-7-12(8-11)14(16)20/h5-8H,9-10H2,1-4H3,(H2,16,20). The summed E-state index contributed by atoms with van der Waals surface area (Å²) in [5.74, 6) is -0.0550. The highest BCUT2D eigenvalue weighted by atomic mass is 32.1. The predicted octanol–water partition coefficient (Wildman–Crippen LogP) is 2.09. The van der Waals surface area contributed by atoms with Crippen molar-refractivity contribution >= 4 is 23.1 Å². The lowest BCUT2D eigenvalue weighted by Gasteiger charge is -2.22. The monoisotopic (exact) mass is 294 g/mol. The topological polar surface area (TPSA) is 55.6 Å². The van der Waals surface area contributed by atoms with Crippen molar-refractivity contribution in [1.82, 2.24) is 4.90 Å². The van der Waals surface area contributed by atoms with Crippen LogP contribution in [0.15, 0.2) is 24.3 Å². The lowest BCUT2D eigenvalue weighted by molar-refractivity contribution is -0.140. The normalized spacial score (nSPS) is 11.2. The number of amides is 1. The maximum Gasteiger partial charge on any atom is 0.248 e. The molecule has 5 heteroatoms. The molecule has 0 aliphatic carbocycles. The molecule has 1 aromatic carbocycles. The molecule has 2 N–H and O–H groups in total. The molecule has 1 amide bonds. The number of rotatable bonds is 5. The van der Waals surface area contributed by atoms with Gasteiger partial charge in [-0.05, 0) is 32.4 Å². The van der Waals surface area contributed by atoms with Gasteiger partial charge in [0.2, 0.25) is 5.91 Å². The predicted molar refractivity (Wildman–Crippen MR) is 84.5 cm³/mol. The number of carbonyl (C=O) groups excluding carboxylic acids is 1. The molecule has 0 saturated carbocycles. The average molecular weight is 294 g/mol. The Morgan fingerprint density at radius 1 is 1.40 bits per heavy atom. The van der Waals surface area contributed by atoms with E-state index in [1.54, 1.807) is 11.9 Å². The van der Waals surface area contributed by atoms with Crippen molar-refractivity contribution in [1.29, 1.82) is 0 Å². The molecule has 0 aliphatic rings. The summed E-state index contributed by atoms with van der Waals surface area (Å²) in [7, 11) is 1.75. The quantitative estimate of drug-likeness (QED) is 0.845. The molecule has 0 heterocycles. The Morgan fingerprint density at radius 3 is 2.60 bits per heavy atom. The van der Waals surface area contributed by atoms with Gasteiger partial charge in [0.05, 0.1) is 5.60 Å². The minimum absolute atomic E-state index is 0.0550. The summed E-state index contributed by atoms with van der Waals surface area (Å²) in [4.78, 5) is 14.0. The van der Waals surface area contributed by atoms with E-state index >= 15 is 0 Å². The van der Waals surface area contributed by atoms with Gasteiger partial charge in [-0.15, -0.1) is 0 Å². The Labute approximate surface area is 125 Å². The lowest BCUT2D eigenvalue weighted by Crippen LogP contribution is -2.33. The molecule has 0 spiro atoms. The summed E-state index contributed by atoms with van der Waals surface area (Å²) in [6.45, 7) is 6.35. The van der Waals surface area contributed by atoms with Crippen LogP contribution in [0.2, 0.25) is 0 Å². The smallest absolute Gasteiger partial charge is 0.248 e. The number of nitrogens with zero attached hydrogens (tertiary/aromatic N) is 1. The van der Waals surface area contributed by atoms with Crippen LogP contribution in [0.3, 0.4) is 0 Å². The molecule has 0 bridgehead atoms. The van der Waals surface area contributed by atoms with E-state index in [1.807, 2.05) is 45.0 Å². The molecule has 110 valence electrons. The summed E-state index contributed by atoms with van der Waals surface area (Å²) >= 11 is 4.95. The van der Waals surface area contributed by atoms with Crippen LogP contribution in [-0.2, 0) is 16.1 Å². The number of nitrogens with two attached hydrogens (primary N) is 1. The molecule has 0 aromatic heterocycles. The lowest BCUT2D eigenvalue weighted by atomic mass is 10.1. The second kappa shape index (κ2) is 6.81. The maximum atomic E-state index is 12.0. The first-order chi connectivity index (χ1) is 9.19. The number of thiocarbonyl (C=S) groups is 1. The Hall–Kier alpha value is -1.46. The highest BCUT2D eigenvalue weighted by Gasteiger charge is 2.15. The number of hydrogen-bond donors (Lipinski definition) is 1. The van der Waals surface area contributed by atoms with Crippen molar-refractivity contribution < 1.29 is 9.53 Å². The highest BCUT2D eigenvalue weighted by molar-refractivity contribution is 7.80. The molecule has 0 radical (unpaired) electrons. The minimum atomic E-state index is -0.317. The Kier molecular flexibility index (Phi) is 5.65. The third-order valence-electron chi connectivity index (χ3n) is 2.69. The largest absolute Gasteiger partial charge is 0.389 e. The van der Waals surface area contributed by atoms with Crippen LogP contribution >= 0.6 is 12.2 Å². The molecule has 20 heavy (non-hydrogen) atoms. The van der Waals surface area contributed by atoms with Crippen LogP contribution in [0.1, 0.15) is 31.9 Å². The van der Waals surface area contributed by atoms with Crippen molar-refractivity contribution in [2.45, 2.75) is 32.9 Å². The average Bonchev–Trinajstić information content (AvgIpc) is 2.35. The van der Waals surface area contributed by atoms with Gasteiger partial charge in [0.15, 0.2) is 0 Å². The van der Waals surface area contributed by atoms with Gasteiger partial charge in [0.25, 0.3) is 0 Å². The van der Waals surface area contributed by atoms with Crippen LogP contribution in [0.4, 0.5) is 0 Å². The summed E-state index contributed by atoms with van der Waals surface area (Å²) in [5.41, 5.74) is 7.08. The molecule has 4 nitrogen and oxygen atoms in total. The van der Waals surface area contributed by atoms with Crippen LogP contribution < -0.4 is 5.73 Å². The fraction of sp³-hybridized carbons (Fsp3) is 0.467. The summed E-state index contributed by atoms with van der Waals surface area (Å²) in [5, 5.41) is 0. The second-order valence-electron chi connectivity index (χ2n) is 5.72. The van der Waals surface area contributed by atoms with Gasteiger partial charge < -0.3 is 15.4 Å². The van der Waals surface area contributed by atoms with Crippen molar-refractivity contribution in [2.75, 3.05) is 13.7 Å². The first kappa shape index (κ1) is 16.6. The number of likely N-dealkylation sites (N-methyl/N-ethyl adjacent to an activating group) is 1. The van der Waals surface area contributed by atoms with Gasteiger partial charge >= 0.3 is 0 Å². The summed E-state index contributed by atoms with van der Waals surface area (Å²) in [6.07, 6.45) is 0. The SMILES string of the molecule is CN(Cc1cccc(C(N)=S)c1)C(=O)COC(C)(C)C. The van der Waals surface area contributed by atoms with Crippen LogP contribution in [0.5, 0.6) is 0 Å². The van der Waals surface area contributed by atoms with E-state index in [2.05, 4.69) is 0 Å². The first-order valence-corrected chi connectivity index (χ1v) is 6.86. The third kappa shape index (κ3) is 5.67. The molecular weight excluding hydrogens is 272 g/mol. The maximum absolute atomic E-state index is 12.0. The number of carbonyl (C=O) groups is 1. The molecule has 0 aliphatic heterocycles. The molecule has 0 saturated heterocycles. The van der Waals surface area contributed by atoms with Crippen LogP contribution in [0.25, 0.3) is 0 Å². The third-order valence-corrected chi connectivity index (χ3v) is 2.92. The van der Waals surface area contributed by atoms with E-state index < -0.39 is 0 Å².